The molecule has 20 heavy (non-hydrogen) atoms. The summed E-state index contributed by atoms with van der Waals surface area (Å²) in [4.78, 5) is 20.8. The molecular formula is C10H30IN4O5+3. The van der Waals surface area contributed by atoms with Gasteiger partial charge in [0, 0.05) is 0 Å². The van der Waals surface area contributed by atoms with Crippen LogP contribution in [0.5, 0.6) is 0 Å². The predicted molar refractivity (Wildman–Crippen MR) is 65.7 cm³/mol. The first-order chi connectivity index (χ1) is 8.54. The Labute approximate surface area is 126 Å². The van der Waals surface area contributed by atoms with E-state index in [4.69, 9.17) is 21.1 Å². The van der Waals surface area contributed by atoms with Gasteiger partial charge in [0.2, 0.25) is 0 Å². The van der Waals surface area contributed by atoms with Crippen molar-refractivity contribution in [3.8, 4) is 0 Å². The van der Waals surface area contributed by atoms with E-state index in [9.17, 15) is 0 Å². The molecule has 1 rings (SSSR count). The van der Waals surface area contributed by atoms with Gasteiger partial charge < -0.3 is 0 Å². The predicted octanol–water partition coefficient (Wildman–Crippen LogP) is -3.04. The molecule has 1 saturated heterocycles. The van der Waals surface area contributed by atoms with Gasteiger partial charge in [-0.25, -0.2) is 0 Å². The molecule has 124 valence electrons. The van der Waals surface area contributed by atoms with E-state index in [0.29, 0.717) is 0 Å². The first-order valence-corrected chi connectivity index (χ1v) is 12.2. The quantitative estimate of drug-likeness (QED) is 0.240. The first kappa shape index (κ1) is 18.4. The van der Waals surface area contributed by atoms with E-state index in [1.54, 1.807) is 56.4 Å². The van der Waals surface area contributed by atoms with E-state index in [1.807, 2.05) is 9.86 Å². The van der Waals surface area contributed by atoms with E-state index in [2.05, 4.69) is 0 Å². The van der Waals surface area contributed by atoms with Crippen LogP contribution in [0.4, 0.5) is 0 Å². The average molecular weight is 413 g/mol. The van der Waals surface area contributed by atoms with E-state index < -0.39 is 19.3 Å². The second-order valence-electron chi connectivity index (χ2n) is 6.45. The van der Waals surface area contributed by atoms with Gasteiger partial charge in [0.15, 0.2) is 0 Å². The third-order valence-corrected chi connectivity index (χ3v) is 5.64. The molecule has 0 spiro atoms. The van der Waals surface area contributed by atoms with Crippen LogP contribution in [0.3, 0.4) is 0 Å². The Bertz CT molecular complexity index is 271. The van der Waals surface area contributed by atoms with Crippen molar-refractivity contribution in [2.75, 3.05) is 66.2 Å². The van der Waals surface area contributed by atoms with Gasteiger partial charge >= 0.3 is 126 Å². The first-order valence-electron chi connectivity index (χ1n) is 6.10. The fourth-order valence-electron chi connectivity index (χ4n) is 2.29. The number of halogens is 1. The molecule has 0 unspecified atom stereocenters. The number of alkyl halides is 2. The summed E-state index contributed by atoms with van der Waals surface area (Å²) in [5, 5.41) is 0. The minimum absolute atomic E-state index is 0.128. The molecule has 1 aliphatic heterocycles. The fraction of sp³-hybridized carbons (Fsp3) is 1.00. The SMILES string of the molecule is C[N+]1(C)O[N+](C)(C)O[N+](C)(C)O[I-](C)(C)O[N+](C)(C)O1. The molecule has 1 fully saturated rings. The third-order valence-electron chi connectivity index (χ3n) is 1.84. The zero-order valence-electron chi connectivity index (χ0n) is 14.2. The van der Waals surface area contributed by atoms with Gasteiger partial charge in [0.25, 0.3) is 0 Å². The molecule has 0 radical (unpaired) electrons. The molecule has 0 N–H and O–H groups in total. The molecule has 0 saturated carbocycles. The zero-order valence-corrected chi connectivity index (χ0v) is 16.4. The summed E-state index contributed by atoms with van der Waals surface area (Å²) >= 11 is -2.97. The molecule has 0 aromatic heterocycles. The summed E-state index contributed by atoms with van der Waals surface area (Å²) in [5.74, 6) is 0. The number of nitrogens with zero attached hydrogens (tertiary/aromatic N) is 4. The molecule has 0 aliphatic carbocycles. The van der Waals surface area contributed by atoms with Crippen LogP contribution in [0.15, 0.2) is 0 Å². The van der Waals surface area contributed by atoms with Crippen LogP contribution in [-0.2, 0) is 21.1 Å². The van der Waals surface area contributed by atoms with E-state index in [0.717, 1.165) is 0 Å². The molecule has 10 heteroatoms. The van der Waals surface area contributed by atoms with Gasteiger partial charge in [-0.05, 0) is 0 Å². The molecule has 0 atom stereocenters. The Kier molecular flexibility index (Phi) is 4.81. The molecule has 1 aliphatic rings. The Morgan fingerprint density at radius 2 is 0.750 bits per heavy atom. The standard InChI is InChI=1S/C10H30IN4O5/c1-11(2)16-12(3,4)18-14(7,8)20-15(9,10)19-13(5,6)17-11/h1-10H3/q+3. The zero-order chi connectivity index (χ0) is 16.0. The Balaban J connectivity index is 3.15. The van der Waals surface area contributed by atoms with Crippen LogP contribution in [0.2, 0.25) is 0 Å². The fourth-order valence-corrected chi connectivity index (χ4v) is 7.07. The molecule has 1 heterocycles. The van der Waals surface area contributed by atoms with Gasteiger partial charge in [-0.1, -0.05) is 0 Å². The van der Waals surface area contributed by atoms with Gasteiger partial charge in [0.05, 0.1) is 0 Å². The second kappa shape index (κ2) is 5.22. The van der Waals surface area contributed by atoms with Crippen LogP contribution in [-0.4, -0.2) is 85.5 Å². The number of quaternary nitrogens is 4. The van der Waals surface area contributed by atoms with Crippen molar-refractivity contribution >= 4 is 0 Å². The normalized spacial score (nSPS) is 33.1. The van der Waals surface area contributed by atoms with Crippen molar-refractivity contribution in [2.24, 2.45) is 0 Å². The summed E-state index contributed by atoms with van der Waals surface area (Å²) in [5.41, 5.74) is 0. The number of rotatable bonds is 0. The summed E-state index contributed by atoms with van der Waals surface area (Å²) in [6.45, 7) is 0. The average Bonchev–Trinajstić information content (AvgIpc) is 1.84. The number of hydrogen-bond donors (Lipinski definition) is 0. The Hall–Kier alpha value is 0.370. The van der Waals surface area contributed by atoms with Crippen LogP contribution >= 0.6 is 0 Å². The van der Waals surface area contributed by atoms with Crippen molar-refractivity contribution in [3.63, 3.8) is 0 Å². The van der Waals surface area contributed by atoms with Crippen LogP contribution in [0, 0.1) is 0 Å². The molecule has 0 aromatic carbocycles. The van der Waals surface area contributed by atoms with E-state index in [-0.39, 0.29) is 19.2 Å². The Morgan fingerprint density at radius 3 is 1.05 bits per heavy atom. The molecule has 0 amide bonds. The van der Waals surface area contributed by atoms with Crippen molar-refractivity contribution in [1.29, 1.82) is 0 Å². The summed E-state index contributed by atoms with van der Waals surface area (Å²) in [6.07, 6.45) is 0. The van der Waals surface area contributed by atoms with Gasteiger partial charge in [-0.3, -0.25) is 0 Å². The van der Waals surface area contributed by atoms with Crippen LogP contribution in [0.25, 0.3) is 0 Å². The van der Waals surface area contributed by atoms with E-state index >= 15 is 0 Å². The second-order valence-corrected chi connectivity index (χ2v) is 13.3. The molecule has 0 bridgehead atoms. The molecule has 0 aromatic rings. The number of hydroxylamine groups is 16. The van der Waals surface area contributed by atoms with Crippen molar-refractivity contribution in [1.82, 2.24) is 0 Å². The number of hydrogen-bond acceptors (Lipinski definition) is 5. The third kappa shape index (κ3) is 6.01. The molecule has 9 nitrogen and oxygen atoms in total. The maximum atomic E-state index is 6.02. The van der Waals surface area contributed by atoms with Crippen LogP contribution < -0.4 is 19.3 Å². The molecular weight excluding hydrogens is 383 g/mol. The van der Waals surface area contributed by atoms with Gasteiger partial charge in [-0.2, -0.15) is 0 Å². The minimum atomic E-state index is -2.97. The maximum absolute atomic E-state index is 6.02. The van der Waals surface area contributed by atoms with Crippen molar-refractivity contribution in [2.45, 2.75) is 0 Å². The van der Waals surface area contributed by atoms with E-state index in [1.165, 1.54) is 0 Å². The Morgan fingerprint density at radius 1 is 0.500 bits per heavy atom. The summed E-state index contributed by atoms with van der Waals surface area (Å²) < 4.78 is 12.0. The van der Waals surface area contributed by atoms with Gasteiger partial charge in [0.1, 0.15) is 0 Å². The summed E-state index contributed by atoms with van der Waals surface area (Å²) in [7, 11) is 14.2. The van der Waals surface area contributed by atoms with Crippen LogP contribution in [0.1, 0.15) is 0 Å². The monoisotopic (exact) mass is 413 g/mol. The van der Waals surface area contributed by atoms with Gasteiger partial charge in [-0.15, -0.1) is 0 Å². The van der Waals surface area contributed by atoms with Crippen molar-refractivity contribution < 1.29 is 59.7 Å². The summed E-state index contributed by atoms with van der Waals surface area (Å²) in [6, 6.07) is 0. The topological polar surface area (TPSA) is 46.2 Å². The van der Waals surface area contributed by atoms with Crippen molar-refractivity contribution in [3.05, 3.63) is 0 Å².